The first kappa shape index (κ1) is 14.3. The summed E-state index contributed by atoms with van der Waals surface area (Å²) in [5.74, 6) is 1.73. The zero-order chi connectivity index (χ0) is 13.2. The van der Waals surface area contributed by atoms with Crippen LogP contribution in [0.4, 0.5) is 0 Å². The summed E-state index contributed by atoms with van der Waals surface area (Å²) in [6, 6.07) is 0. The zero-order valence-corrected chi connectivity index (χ0v) is 12.3. The van der Waals surface area contributed by atoms with Gasteiger partial charge >= 0.3 is 0 Å². The molecule has 1 saturated carbocycles. The van der Waals surface area contributed by atoms with E-state index in [9.17, 15) is 0 Å². The first-order chi connectivity index (χ1) is 8.57. The molecule has 0 spiro atoms. The summed E-state index contributed by atoms with van der Waals surface area (Å²) < 4.78 is 5.67. The largest absolute Gasteiger partial charge is 0.376 e. The molecule has 1 aliphatic carbocycles. The fraction of sp³-hybridized carbons (Fsp3) is 1.00. The fourth-order valence-corrected chi connectivity index (χ4v) is 3.74. The van der Waals surface area contributed by atoms with Gasteiger partial charge in [-0.15, -0.1) is 0 Å². The number of ether oxygens (including phenoxy) is 1. The van der Waals surface area contributed by atoms with Crippen molar-refractivity contribution in [1.29, 1.82) is 0 Å². The first-order valence-corrected chi connectivity index (χ1v) is 7.64. The van der Waals surface area contributed by atoms with E-state index in [4.69, 9.17) is 10.5 Å². The van der Waals surface area contributed by atoms with Crippen molar-refractivity contribution in [3.05, 3.63) is 0 Å². The van der Waals surface area contributed by atoms with E-state index in [1.807, 2.05) is 0 Å². The number of rotatable bonds is 3. The molecular formula is C15H30N2O. The van der Waals surface area contributed by atoms with Crippen LogP contribution in [0.15, 0.2) is 0 Å². The highest BCUT2D eigenvalue weighted by atomic mass is 16.5. The van der Waals surface area contributed by atoms with Crippen molar-refractivity contribution in [2.45, 2.75) is 58.1 Å². The van der Waals surface area contributed by atoms with Gasteiger partial charge in [0.2, 0.25) is 0 Å². The molecule has 1 saturated heterocycles. The standard InChI is InChI=1S/C15H30N2O/c1-12(2)14-4-6-15(11-16,7-5-14)17-8-9-18-13(3)10-17/h12-14H,4-11,16H2,1-3H3. The highest BCUT2D eigenvalue weighted by molar-refractivity contribution is 4.97. The molecule has 1 unspecified atom stereocenters. The van der Waals surface area contributed by atoms with Crippen molar-refractivity contribution < 1.29 is 4.74 Å². The fourth-order valence-electron chi connectivity index (χ4n) is 3.74. The second kappa shape index (κ2) is 5.89. The van der Waals surface area contributed by atoms with Crippen molar-refractivity contribution >= 4 is 0 Å². The van der Waals surface area contributed by atoms with Gasteiger partial charge in [-0.05, 0) is 44.4 Å². The molecule has 0 aromatic heterocycles. The Bertz CT molecular complexity index is 259. The average molecular weight is 254 g/mol. The quantitative estimate of drug-likeness (QED) is 0.839. The third-order valence-electron chi connectivity index (χ3n) is 5.20. The number of nitrogens with two attached hydrogens (primary N) is 1. The molecule has 1 atom stereocenters. The van der Waals surface area contributed by atoms with Gasteiger partial charge in [-0.25, -0.2) is 0 Å². The molecule has 0 aromatic carbocycles. The Morgan fingerprint density at radius 2 is 2.00 bits per heavy atom. The Morgan fingerprint density at radius 1 is 1.33 bits per heavy atom. The summed E-state index contributed by atoms with van der Waals surface area (Å²) in [5.41, 5.74) is 6.42. The van der Waals surface area contributed by atoms with E-state index >= 15 is 0 Å². The van der Waals surface area contributed by atoms with Gasteiger partial charge in [0.25, 0.3) is 0 Å². The van der Waals surface area contributed by atoms with Crippen molar-refractivity contribution in [2.75, 3.05) is 26.2 Å². The minimum atomic E-state index is 0.267. The monoisotopic (exact) mass is 254 g/mol. The van der Waals surface area contributed by atoms with Crippen LogP contribution in [0.5, 0.6) is 0 Å². The van der Waals surface area contributed by atoms with E-state index in [-0.39, 0.29) is 5.54 Å². The summed E-state index contributed by atoms with van der Waals surface area (Å²) in [5, 5.41) is 0. The van der Waals surface area contributed by atoms with Crippen molar-refractivity contribution in [3.63, 3.8) is 0 Å². The molecule has 3 heteroatoms. The second-order valence-corrected chi connectivity index (χ2v) is 6.64. The Morgan fingerprint density at radius 3 is 2.50 bits per heavy atom. The van der Waals surface area contributed by atoms with Gasteiger partial charge in [0.05, 0.1) is 12.7 Å². The Balaban J connectivity index is 1.99. The lowest BCUT2D eigenvalue weighted by molar-refractivity contribution is -0.0752. The summed E-state index contributed by atoms with van der Waals surface area (Å²) in [6.07, 6.45) is 5.62. The van der Waals surface area contributed by atoms with Gasteiger partial charge in [-0.3, -0.25) is 4.90 Å². The van der Waals surface area contributed by atoms with Gasteiger partial charge in [-0.1, -0.05) is 13.8 Å². The molecule has 1 aliphatic heterocycles. The van der Waals surface area contributed by atoms with E-state index in [0.717, 1.165) is 38.1 Å². The second-order valence-electron chi connectivity index (χ2n) is 6.64. The van der Waals surface area contributed by atoms with Crippen LogP contribution in [0.1, 0.15) is 46.5 Å². The van der Waals surface area contributed by atoms with Crippen LogP contribution >= 0.6 is 0 Å². The van der Waals surface area contributed by atoms with E-state index in [1.54, 1.807) is 0 Å². The van der Waals surface area contributed by atoms with Crippen LogP contribution in [0.2, 0.25) is 0 Å². The molecule has 0 radical (unpaired) electrons. The van der Waals surface area contributed by atoms with Gasteiger partial charge in [0.1, 0.15) is 0 Å². The van der Waals surface area contributed by atoms with Gasteiger partial charge in [0, 0.05) is 25.2 Å². The Hall–Kier alpha value is -0.120. The minimum Gasteiger partial charge on any atom is -0.376 e. The molecule has 2 N–H and O–H groups in total. The maximum absolute atomic E-state index is 6.15. The van der Waals surface area contributed by atoms with Crippen LogP contribution in [-0.4, -0.2) is 42.8 Å². The molecule has 2 fully saturated rings. The molecule has 0 amide bonds. The summed E-state index contributed by atoms with van der Waals surface area (Å²) in [4.78, 5) is 2.62. The highest BCUT2D eigenvalue weighted by Crippen LogP contribution is 2.39. The van der Waals surface area contributed by atoms with Gasteiger partial charge in [-0.2, -0.15) is 0 Å². The third kappa shape index (κ3) is 2.89. The maximum atomic E-state index is 6.15. The predicted molar refractivity (Wildman–Crippen MR) is 75.6 cm³/mol. The number of hydrogen-bond acceptors (Lipinski definition) is 3. The number of nitrogens with zero attached hydrogens (tertiary/aromatic N) is 1. The first-order valence-electron chi connectivity index (χ1n) is 7.64. The normalized spacial score (nSPS) is 39.2. The van der Waals surface area contributed by atoms with Gasteiger partial charge < -0.3 is 10.5 Å². The summed E-state index contributed by atoms with van der Waals surface area (Å²) in [6.45, 7) is 10.7. The maximum Gasteiger partial charge on any atom is 0.0674 e. The van der Waals surface area contributed by atoms with Crippen molar-refractivity contribution in [2.24, 2.45) is 17.6 Å². The van der Waals surface area contributed by atoms with Crippen LogP contribution in [-0.2, 0) is 4.74 Å². The predicted octanol–water partition coefficient (Wildman–Crippen LogP) is 2.25. The highest BCUT2D eigenvalue weighted by Gasteiger charge is 2.41. The van der Waals surface area contributed by atoms with Gasteiger partial charge in [0.15, 0.2) is 0 Å². The number of hydrogen-bond donors (Lipinski definition) is 1. The minimum absolute atomic E-state index is 0.267. The lowest BCUT2D eigenvalue weighted by Crippen LogP contribution is -2.60. The summed E-state index contributed by atoms with van der Waals surface area (Å²) >= 11 is 0. The Kier molecular flexibility index (Phi) is 4.68. The SMILES string of the molecule is CC1CN(C2(CN)CCC(C(C)C)CC2)CCO1. The number of morpholine rings is 1. The van der Waals surface area contributed by atoms with E-state index in [0.29, 0.717) is 6.10 Å². The lowest BCUT2D eigenvalue weighted by atomic mass is 9.72. The molecule has 2 rings (SSSR count). The topological polar surface area (TPSA) is 38.5 Å². The van der Waals surface area contributed by atoms with Crippen molar-refractivity contribution in [3.8, 4) is 0 Å². The van der Waals surface area contributed by atoms with Crippen LogP contribution < -0.4 is 5.73 Å². The summed E-state index contributed by atoms with van der Waals surface area (Å²) in [7, 11) is 0. The molecule has 106 valence electrons. The van der Waals surface area contributed by atoms with Crippen LogP contribution in [0.25, 0.3) is 0 Å². The molecule has 1 heterocycles. The smallest absolute Gasteiger partial charge is 0.0674 e. The third-order valence-corrected chi connectivity index (χ3v) is 5.20. The lowest BCUT2D eigenvalue weighted by Gasteiger charge is -2.50. The molecular weight excluding hydrogens is 224 g/mol. The van der Waals surface area contributed by atoms with E-state index < -0.39 is 0 Å². The zero-order valence-electron chi connectivity index (χ0n) is 12.3. The van der Waals surface area contributed by atoms with Crippen molar-refractivity contribution in [1.82, 2.24) is 4.90 Å². The van der Waals surface area contributed by atoms with Crippen LogP contribution in [0, 0.1) is 11.8 Å². The molecule has 18 heavy (non-hydrogen) atoms. The molecule has 2 aliphatic rings. The van der Waals surface area contributed by atoms with E-state index in [1.165, 1.54) is 25.7 Å². The van der Waals surface area contributed by atoms with E-state index in [2.05, 4.69) is 25.7 Å². The van der Waals surface area contributed by atoms with Crippen LogP contribution in [0.3, 0.4) is 0 Å². The molecule has 0 bridgehead atoms. The average Bonchev–Trinajstić information content (AvgIpc) is 2.38. The Labute approximate surface area is 112 Å². The molecule has 0 aromatic rings. The molecule has 3 nitrogen and oxygen atoms in total.